The van der Waals surface area contributed by atoms with E-state index in [9.17, 15) is 4.79 Å². The van der Waals surface area contributed by atoms with Gasteiger partial charge in [-0.25, -0.2) is 9.97 Å². The molecule has 0 radical (unpaired) electrons. The molecule has 2 bridgehead atoms. The number of hydrogen-bond acceptors (Lipinski definition) is 5. The maximum Gasteiger partial charge on any atom is 0.225 e. The van der Waals surface area contributed by atoms with E-state index >= 15 is 0 Å². The van der Waals surface area contributed by atoms with Gasteiger partial charge in [0.2, 0.25) is 5.91 Å². The first kappa shape index (κ1) is 13.8. The Morgan fingerprint density at radius 1 is 1.50 bits per heavy atom. The number of anilines is 1. The van der Waals surface area contributed by atoms with Crippen LogP contribution in [0.1, 0.15) is 18.7 Å². The molecule has 116 valence electrons. The van der Waals surface area contributed by atoms with Crippen LogP contribution in [0.4, 0.5) is 5.69 Å². The number of hydrogen-bond donors (Lipinski definition) is 3. The predicted octanol–water partition coefficient (Wildman–Crippen LogP) is 1.36. The third kappa shape index (κ3) is 1.96. The summed E-state index contributed by atoms with van der Waals surface area (Å²) in [7, 11) is 0. The van der Waals surface area contributed by atoms with E-state index in [2.05, 4.69) is 20.3 Å². The SMILES string of the molecule is Cc1nc2ncc(Cl)c(N[C@H]3[C@@H](C(N)=O)[C@@H]4CC[C@H]3O4)c2[nH]1. The lowest BCUT2D eigenvalue weighted by atomic mass is 9.84. The van der Waals surface area contributed by atoms with Crippen molar-refractivity contribution in [3.05, 3.63) is 17.0 Å². The van der Waals surface area contributed by atoms with Crippen molar-refractivity contribution < 1.29 is 9.53 Å². The van der Waals surface area contributed by atoms with Crippen molar-refractivity contribution >= 4 is 34.4 Å². The molecule has 2 saturated heterocycles. The van der Waals surface area contributed by atoms with E-state index in [4.69, 9.17) is 22.1 Å². The summed E-state index contributed by atoms with van der Waals surface area (Å²) in [5.74, 6) is 0.0671. The summed E-state index contributed by atoms with van der Waals surface area (Å²) >= 11 is 6.29. The smallest absolute Gasteiger partial charge is 0.225 e. The maximum atomic E-state index is 11.8. The zero-order chi connectivity index (χ0) is 15.4. The van der Waals surface area contributed by atoms with Crippen LogP contribution in [0.3, 0.4) is 0 Å². The fourth-order valence-corrected chi connectivity index (χ4v) is 3.78. The second-order valence-electron chi connectivity index (χ2n) is 5.89. The first-order chi connectivity index (χ1) is 10.5. The Hall–Kier alpha value is -1.86. The summed E-state index contributed by atoms with van der Waals surface area (Å²) < 4.78 is 5.84. The highest BCUT2D eigenvalue weighted by molar-refractivity contribution is 6.34. The van der Waals surface area contributed by atoms with Gasteiger partial charge in [-0.15, -0.1) is 0 Å². The van der Waals surface area contributed by atoms with Gasteiger partial charge in [-0.1, -0.05) is 11.6 Å². The highest BCUT2D eigenvalue weighted by Gasteiger charge is 2.51. The molecule has 4 atom stereocenters. The molecule has 0 aliphatic carbocycles. The summed E-state index contributed by atoms with van der Waals surface area (Å²) in [6.07, 6.45) is 3.23. The van der Waals surface area contributed by atoms with Crippen molar-refractivity contribution in [2.24, 2.45) is 11.7 Å². The molecule has 4 heterocycles. The molecular formula is C14H16ClN5O2. The molecule has 0 unspecified atom stereocenters. The zero-order valence-corrected chi connectivity index (χ0v) is 12.7. The number of halogens is 1. The number of aryl methyl sites for hydroxylation is 1. The summed E-state index contributed by atoms with van der Waals surface area (Å²) in [6.45, 7) is 1.85. The van der Waals surface area contributed by atoms with E-state index in [1.54, 1.807) is 6.20 Å². The van der Waals surface area contributed by atoms with Gasteiger partial charge >= 0.3 is 0 Å². The van der Waals surface area contributed by atoms with E-state index in [-0.39, 0.29) is 30.1 Å². The van der Waals surface area contributed by atoms with Crippen LogP contribution in [0, 0.1) is 12.8 Å². The standard InChI is InChI=1S/C14H16ClN5O2/c1-5-18-12-10(6(15)4-17-14(12)19-5)20-11-8-3-2-7(22-8)9(11)13(16)21/h4,7-9,11H,2-3H2,1H3,(H2,16,21)(H2,17,18,19,20)/t7-,8+,9-,11+/m0/s1. The van der Waals surface area contributed by atoms with E-state index in [0.29, 0.717) is 16.4 Å². The number of ether oxygens (including phenoxy) is 1. The molecule has 0 aromatic carbocycles. The lowest BCUT2D eigenvalue weighted by Gasteiger charge is -2.27. The zero-order valence-electron chi connectivity index (χ0n) is 12.0. The maximum absolute atomic E-state index is 11.8. The van der Waals surface area contributed by atoms with Crippen LogP contribution in [-0.2, 0) is 9.53 Å². The fourth-order valence-electron chi connectivity index (χ4n) is 3.58. The minimum Gasteiger partial charge on any atom is -0.376 e. The van der Waals surface area contributed by atoms with E-state index in [1.807, 2.05) is 6.92 Å². The number of H-pyrrole nitrogens is 1. The molecule has 4 N–H and O–H groups in total. The van der Waals surface area contributed by atoms with Crippen LogP contribution < -0.4 is 11.1 Å². The van der Waals surface area contributed by atoms with E-state index in [0.717, 1.165) is 24.2 Å². The van der Waals surface area contributed by atoms with Crippen molar-refractivity contribution in [3.8, 4) is 0 Å². The molecule has 2 aromatic heterocycles. The number of amides is 1. The van der Waals surface area contributed by atoms with Gasteiger partial charge in [0, 0.05) is 0 Å². The topological polar surface area (TPSA) is 106 Å². The number of aromatic amines is 1. The molecule has 2 aliphatic rings. The van der Waals surface area contributed by atoms with Crippen molar-refractivity contribution in [2.45, 2.75) is 38.0 Å². The molecule has 7 nitrogen and oxygen atoms in total. The molecule has 4 rings (SSSR count). The number of rotatable bonds is 3. The van der Waals surface area contributed by atoms with Crippen molar-refractivity contribution in [1.82, 2.24) is 15.0 Å². The van der Waals surface area contributed by atoms with Gasteiger partial charge in [-0.2, -0.15) is 0 Å². The minimum absolute atomic E-state index is 0.0224. The van der Waals surface area contributed by atoms with Crippen LogP contribution in [0.5, 0.6) is 0 Å². The first-order valence-electron chi connectivity index (χ1n) is 7.26. The Labute approximate surface area is 131 Å². The van der Waals surface area contributed by atoms with Gasteiger partial charge in [-0.3, -0.25) is 4.79 Å². The van der Waals surface area contributed by atoms with Crippen LogP contribution in [-0.4, -0.2) is 39.1 Å². The highest BCUT2D eigenvalue weighted by Crippen LogP contribution is 2.42. The Morgan fingerprint density at radius 2 is 2.27 bits per heavy atom. The minimum atomic E-state index is -0.345. The van der Waals surface area contributed by atoms with Gasteiger partial charge in [0.05, 0.1) is 41.1 Å². The lowest BCUT2D eigenvalue weighted by molar-refractivity contribution is -0.123. The quantitative estimate of drug-likeness (QED) is 0.791. The number of imidazole rings is 1. The summed E-state index contributed by atoms with van der Waals surface area (Å²) in [5, 5.41) is 3.83. The van der Waals surface area contributed by atoms with Crippen LogP contribution in [0.25, 0.3) is 11.2 Å². The van der Waals surface area contributed by atoms with E-state index < -0.39 is 0 Å². The van der Waals surface area contributed by atoms with Crippen molar-refractivity contribution in [3.63, 3.8) is 0 Å². The fraction of sp³-hybridized carbons (Fsp3) is 0.500. The molecule has 2 aromatic rings. The molecule has 1 amide bonds. The number of primary amides is 1. The number of fused-ring (bicyclic) bond motifs is 3. The molecule has 8 heteroatoms. The molecule has 0 saturated carbocycles. The number of nitrogens with one attached hydrogen (secondary N) is 2. The van der Waals surface area contributed by atoms with Crippen LogP contribution in [0.2, 0.25) is 5.02 Å². The number of nitrogens with two attached hydrogens (primary N) is 1. The first-order valence-corrected chi connectivity index (χ1v) is 7.64. The normalized spacial score (nSPS) is 30.1. The summed E-state index contributed by atoms with van der Waals surface area (Å²) in [5.41, 5.74) is 7.57. The van der Waals surface area contributed by atoms with Crippen LogP contribution >= 0.6 is 11.6 Å². The monoisotopic (exact) mass is 321 g/mol. The molecular weight excluding hydrogens is 306 g/mol. The molecule has 0 spiro atoms. The predicted molar refractivity (Wildman–Crippen MR) is 81.6 cm³/mol. The average Bonchev–Trinajstić information content (AvgIpc) is 3.14. The number of carbonyl (C=O) groups excluding carboxylic acids is 1. The largest absolute Gasteiger partial charge is 0.376 e. The second-order valence-corrected chi connectivity index (χ2v) is 6.30. The molecule has 2 fully saturated rings. The van der Waals surface area contributed by atoms with Gasteiger partial charge in [0.15, 0.2) is 5.65 Å². The Kier molecular flexibility index (Phi) is 3.02. The van der Waals surface area contributed by atoms with Crippen LogP contribution in [0.15, 0.2) is 6.20 Å². The number of aromatic nitrogens is 3. The van der Waals surface area contributed by atoms with E-state index in [1.165, 1.54) is 0 Å². The van der Waals surface area contributed by atoms with Gasteiger partial charge in [0.25, 0.3) is 0 Å². The average molecular weight is 322 g/mol. The van der Waals surface area contributed by atoms with Gasteiger partial charge in [-0.05, 0) is 19.8 Å². The van der Waals surface area contributed by atoms with Crippen molar-refractivity contribution in [1.29, 1.82) is 0 Å². The van der Waals surface area contributed by atoms with Gasteiger partial charge in [0.1, 0.15) is 11.3 Å². The Balaban J connectivity index is 1.74. The summed E-state index contributed by atoms with van der Waals surface area (Å²) in [4.78, 5) is 23.4. The lowest BCUT2D eigenvalue weighted by Crippen LogP contribution is -2.45. The van der Waals surface area contributed by atoms with Gasteiger partial charge < -0.3 is 20.8 Å². The van der Waals surface area contributed by atoms with Crippen molar-refractivity contribution in [2.75, 3.05) is 5.32 Å². The number of carbonyl (C=O) groups is 1. The molecule has 2 aliphatic heterocycles. The third-order valence-electron chi connectivity index (χ3n) is 4.50. The Morgan fingerprint density at radius 3 is 3.05 bits per heavy atom. The number of nitrogens with zero attached hydrogens (tertiary/aromatic N) is 2. The number of pyridine rings is 1. The highest BCUT2D eigenvalue weighted by atomic mass is 35.5. The third-order valence-corrected chi connectivity index (χ3v) is 4.79. The Bertz CT molecular complexity index is 761. The second kappa shape index (κ2) is 4.82. The molecule has 22 heavy (non-hydrogen) atoms. The summed E-state index contributed by atoms with van der Waals surface area (Å²) in [6, 6.07) is -0.178.